The molecule has 18 heavy (non-hydrogen) atoms. The van der Waals surface area contributed by atoms with Crippen molar-refractivity contribution in [1.29, 1.82) is 0 Å². The van der Waals surface area contributed by atoms with Crippen molar-refractivity contribution < 1.29 is 0 Å². The fraction of sp³-hybridized carbons (Fsp3) is 0.250. The molecule has 0 spiro atoms. The Balaban J connectivity index is 1.89. The molecule has 1 N–H and O–H groups in total. The average Bonchev–Trinajstić information content (AvgIpc) is 2.83. The van der Waals surface area contributed by atoms with Gasteiger partial charge in [-0.2, -0.15) is 0 Å². The summed E-state index contributed by atoms with van der Waals surface area (Å²) in [5, 5.41) is 5.38. The van der Waals surface area contributed by atoms with Crippen molar-refractivity contribution in [2.75, 3.05) is 6.54 Å². The molecule has 0 unspecified atom stereocenters. The number of halogens is 2. The molecule has 0 atom stereocenters. The fourth-order valence-electron chi connectivity index (χ4n) is 1.56. The maximum Gasteiger partial charge on any atom is 0.264 e. The minimum Gasteiger partial charge on any atom is -0.312 e. The lowest BCUT2D eigenvalue weighted by Gasteiger charge is -2.08. The normalized spacial score (nSPS) is 10.8. The van der Waals surface area contributed by atoms with Gasteiger partial charge in [0.25, 0.3) is 5.56 Å². The maximum absolute atomic E-state index is 11.8. The fourth-order valence-corrected chi connectivity index (χ4v) is 3.49. The summed E-state index contributed by atoms with van der Waals surface area (Å²) in [5.41, 5.74) is -0.00359. The van der Waals surface area contributed by atoms with Crippen LogP contribution in [0.1, 0.15) is 4.88 Å². The summed E-state index contributed by atoms with van der Waals surface area (Å²) < 4.78 is 3.16. The minimum absolute atomic E-state index is 0.00359. The zero-order valence-corrected chi connectivity index (χ0v) is 13.5. The lowest BCUT2D eigenvalue weighted by atomic mass is 10.4. The van der Waals surface area contributed by atoms with Crippen LogP contribution in [0.15, 0.2) is 43.5 Å². The van der Waals surface area contributed by atoms with Gasteiger partial charge in [-0.1, -0.05) is 6.07 Å². The number of thiophene rings is 1. The van der Waals surface area contributed by atoms with E-state index in [-0.39, 0.29) is 5.56 Å². The van der Waals surface area contributed by atoms with Gasteiger partial charge in [-0.3, -0.25) is 4.79 Å². The van der Waals surface area contributed by atoms with Gasteiger partial charge in [-0.25, -0.2) is 0 Å². The molecule has 2 heterocycles. The van der Waals surface area contributed by atoms with Crippen molar-refractivity contribution in [3.63, 3.8) is 0 Å². The molecule has 0 fully saturated rings. The van der Waals surface area contributed by atoms with Crippen LogP contribution >= 0.6 is 43.2 Å². The molecule has 0 aromatic carbocycles. The number of hydrogen-bond acceptors (Lipinski definition) is 3. The molecule has 0 amide bonds. The van der Waals surface area contributed by atoms with E-state index >= 15 is 0 Å². The lowest BCUT2D eigenvalue weighted by molar-refractivity contribution is 0.585. The first-order valence-electron chi connectivity index (χ1n) is 5.45. The van der Waals surface area contributed by atoms with Crippen molar-refractivity contribution >= 4 is 43.2 Å². The first-order chi connectivity index (χ1) is 8.66. The first-order valence-corrected chi connectivity index (χ1v) is 7.92. The molecular formula is C12H12Br2N2OS. The lowest BCUT2D eigenvalue weighted by Crippen LogP contribution is -2.26. The van der Waals surface area contributed by atoms with Gasteiger partial charge in [0.15, 0.2) is 0 Å². The number of rotatable bonds is 5. The third-order valence-corrected chi connectivity index (χ3v) is 4.30. The molecule has 3 nitrogen and oxygen atoms in total. The van der Waals surface area contributed by atoms with E-state index in [0.29, 0.717) is 11.0 Å². The number of nitrogens with one attached hydrogen (secondary N) is 1. The van der Waals surface area contributed by atoms with Crippen molar-refractivity contribution in [1.82, 2.24) is 9.88 Å². The average molecular weight is 392 g/mol. The summed E-state index contributed by atoms with van der Waals surface area (Å²) in [7, 11) is 0. The molecule has 2 aromatic rings. The SMILES string of the molecule is O=c1c(Br)cc(Br)cn1CCNCc1cccs1. The second-order valence-electron chi connectivity index (χ2n) is 3.76. The monoisotopic (exact) mass is 390 g/mol. The highest BCUT2D eigenvalue weighted by Gasteiger charge is 2.02. The summed E-state index contributed by atoms with van der Waals surface area (Å²) in [6, 6.07) is 5.90. The van der Waals surface area contributed by atoms with E-state index in [9.17, 15) is 4.79 Å². The summed E-state index contributed by atoms with van der Waals surface area (Å²) in [4.78, 5) is 13.1. The highest BCUT2D eigenvalue weighted by molar-refractivity contribution is 9.11. The topological polar surface area (TPSA) is 34.0 Å². The maximum atomic E-state index is 11.8. The second-order valence-corrected chi connectivity index (χ2v) is 6.56. The predicted molar refractivity (Wildman–Crippen MR) is 82.1 cm³/mol. The van der Waals surface area contributed by atoms with Crippen molar-refractivity contribution in [2.24, 2.45) is 0 Å². The van der Waals surface area contributed by atoms with E-state index in [4.69, 9.17) is 0 Å². The molecule has 0 bridgehead atoms. The zero-order chi connectivity index (χ0) is 13.0. The Bertz CT molecular complexity index is 566. The van der Waals surface area contributed by atoms with Gasteiger partial charge in [-0.15, -0.1) is 11.3 Å². The van der Waals surface area contributed by atoms with Crippen LogP contribution in [0.3, 0.4) is 0 Å². The van der Waals surface area contributed by atoms with Crippen molar-refractivity contribution in [3.05, 3.63) is 54.0 Å². The number of aromatic nitrogens is 1. The minimum atomic E-state index is -0.00359. The third kappa shape index (κ3) is 3.78. The van der Waals surface area contributed by atoms with Crippen LogP contribution in [0.2, 0.25) is 0 Å². The van der Waals surface area contributed by atoms with Gasteiger partial charge in [0, 0.05) is 35.2 Å². The molecule has 0 aliphatic carbocycles. The molecule has 0 aliphatic heterocycles. The Kier molecular flexibility index (Phi) is 5.17. The van der Waals surface area contributed by atoms with Gasteiger partial charge >= 0.3 is 0 Å². The summed E-state index contributed by atoms with van der Waals surface area (Å²) >= 11 is 8.37. The Hall–Kier alpha value is -0.430. The standard InChI is InChI=1S/C12H12Br2N2OS/c13-9-6-11(14)12(17)16(8-9)4-3-15-7-10-2-1-5-18-10/h1-2,5-6,8,15H,3-4,7H2. The summed E-state index contributed by atoms with van der Waals surface area (Å²) in [5.74, 6) is 0. The molecule has 0 saturated carbocycles. The van der Waals surface area contributed by atoms with Crippen molar-refractivity contribution in [2.45, 2.75) is 13.1 Å². The van der Waals surface area contributed by atoms with E-state index in [2.05, 4.69) is 48.6 Å². The zero-order valence-electron chi connectivity index (χ0n) is 9.53. The predicted octanol–water partition coefficient (Wildman–Crippen LogP) is 3.22. The van der Waals surface area contributed by atoms with E-state index < -0.39 is 0 Å². The number of nitrogens with zero attached hydrogens (tertiary/aromatic N) is 1. The van der Waals surface area contributed by atoms with Crippen LogP contribution in [0.25, 0.3) is 0 Å². The highest BCUT2D eigenvalue weighted by Crippen LogP contribution is 2.12. The largest absolute Gasteiger partial charge is 0.312 e. The molecule has 6 heteroatoms. The van der Waals surface area contributed by atoms with E-state index in [1.807, 2.05) is 6.07 Å². The Morgan fingerprint density at radius 1 is 1.39 bits per heavy atom. The van der Waals surface area contributed by atoms with Gasteiger partial charge in [0.2, 0.25) is 0 Å². The molecule has 0 saturated heterocycles. The van der Waals surface area contributed by atoms with Crippen LogP contribution in [-0.4, -0.2) is 11.1 Å². The molecule has 96 valence electrons. The van der Waals surface area contributed by atoms with Crippen LogP contribution in [0, 0.1) is 0 Å². The van der Waals surface area contributed by atoms with Crippen LogP contribution < -0.4 is 10.9 Å². The first kappa shape index (κ1) is 14.0. The smallest absolute Gasteiger partial charge is 0.264 e. The van der Waals surface area contributed by atoms with Crippen LogP contribution in [-0.2, 0) is 13.1 Å². The molecular weight excluding hydrogens is 380 g/mol. The number of hydrogen-bond donors (Lipinski definition) is 1. The second kappa shape index (κ2) is 6.65. The quantitative estimate of drug-likeness (QED) is 0.794. The Morgan fingerprint density at radius 2 is 2.22 bits per heavy atom. The van der Waals surface area contributed by atoms with Crippen molar-refractivity contribution in [3.8, 4) is 0 Å². The highest BCUT2D eigenvalue weighted by atomic mass is 79.9. The molecule has 2 rings (SSSR count). The summed E-state index contributed by atoms with van der Waals surface area (Å²) in [6.07, 6.45) is 1.81. The van der Waals surface area contributed by atoms with E-state index in [1.165, 1.54) is 4.88 Å². The van der Waals surface area contributed by atoms with Crippen LogP contribution in [0.5, 0.6) is 0 Å². The molecule has 2 aromatic heterocycles. The summed E-state index contributed by atoms with van der Waals surface area (Å²) in [6.45, 7) is 2.27. The van der Waals surface area contributed by atoms with Gasteiger partial charge in [0.1, 0.15) is 0 Å². The van der Waals surface area contributed by atoms with Crippen LogP contribution in [0.4, 0.5) is 0 Å². The van der Waals surface area contributed by atoms with E-state index in [1.54, 1.807) is 28.2 Å². The Labute approximate surface area is 126 Å². The van der Waals surface area contributed by atoms with Gasteiger partial charge in [0.05, 0.1) is 4.47 Å². The van der Waals surface area contributed by atoms with Gasteiger partial charge < -0.3 is 9.88 Å². The molecule has 0 aliphatic rings. The van der Waals surface area contributed by atoms with Gasteiger partial charge in [-0.05, 0) is 49.4 Å². The molecule has 0 radical (unpaired) electrons. The third-order valence-electron chi connectivity index (χ3n) is 2.42. The Morgan fingerprint density at radius 3 is 2.94 bits per heavy atom. The van der Waals surface area contributed by atoms with E-state index in [0.717, 1.165) is 17.6 Å². The number of pyridine rings is 1.